The van der Waals surface area contributed by atoms with Crippen LogP contribution in [0.3, 0.4) is 0 Å². The summed E-state index contributed by atoms with van der Waals surface area (Å²) in [5.74, 6) is -1.12. The third kappa shape index (κ3) is 3.63. The van der Waals surface area contributed by atoms with Crippen LogP contribution in [0.25, 0.3) is 0 Å². The molecular formula is C15H19F2N3. The number of hydrogen-bond donors (Lipinski definition) is 1. The molecule has 0 saturated carbocycles. The molecule has 0 radical (unpaired) electrons. The number of benzene rings is 1. The molecule has 3 nitrogen and oxygen atoms in total. The molecule has 1 unspecified atom stereocenters. The van der Waals surface area contributed by atoms with Gasteiger partial charge in [0.1, 0.15) is 11.6 Å². The molecule has 1 atom stereocenters. The second-order valence-corrected chi connectivity index (χ2v) is 5.28. The van der Waals surface area contributed by atoms with Crippen molar-refractivity contribution in [2.24, 2.45) is 5.73 Å². The molecule has 5 heteroatoms. The van der Waals surface area contributed by atoms with Crippen molar-refractivity contribution in [1.82, 2.24) is 9.78 Å². The van der Waals surface area contributed by atoms with Gasteiger partial charge in [-0.1, -0.05) is 6.07 Å². The number of nitrogens with two attached hydrogens (primary N) is 1. The molecule has 2 aromatic rings. The van der Waals surface area contributed by atoms with E-state index in [0.29, 0.717) is 24.4 Å². The summed E-state index contributed by atoms with van der Waals surface area (Å²) >= 11 is 0. The van der Waals surface area contributed by atoms with Gasteiger partial charge in [-0.3, -0.25) is 4.68 Å². The number of rotatable bonds is 5. The van der Waals surface area contributed by atoms with Gasteiger partial charge in [0, 0.05) is 30.8 Å². The van der Waals surface area contributed by atoms with Crippen molar-refractivity contribution in [1.29, 1.82) is 0 Å². The van der Waals surface area contributed by atoms with Crippen LogP contribution in [0.15, 0.2) is 30.5 Å². The minimum absolute atomic E-state index is 0.245. The zero-order chi connectivity index (χ0) is 14.7. The molecule has 20 heavy (non-hydrogen) atoms. The van der Waals surface area contributed by atoms with Crippen LogP contribution in [0.4, 0.5) is 8.78 Å². The summed E-state index contributed by atoms with van der Waals surface area (Å²) in [4.78, 5) is 0. The van der Waals surface area contributed by atoms with Crippen molar-refractivity contribution < 1.29 is 8.78 Å². The van der Waals surface area contributed by atoms with Crippen LogP contribution in [0.2, 0.25) is 0 Å². The van der Waals surface area contributed by atoms with Crippen LogP contribution in [-0.2, 0) is 12.8 Å². The average molecular weight is 279 g/mol. The molecule has 1 aromatic heterocycles. The molecule has 0 bridgehead atoms. The maximum atomic E-state index is 13.5. The predicted molar refractivity (Wildman–Crippen MR) is 74.4 cm³/mol. The molecule has 108 valence electrons. The maximum Gasteiger partial charge on any atom is 0.129 e. The second kappa shape index (κ2) is 6.13. The molecule has 2 N–H and O–H groups in total. The van der Waals surface area contributed by atoms with E-state index < -0.39 is 11.6 Å². The number of hydrogen-bond acceptors (Lipinski definition) is 2. The Labute approximate surface area is 117 Å². The van der Waals surface area contributed by atoms with E-state index in [-0.39, 0.29) is 6.04 Å². The minimum Gasteiger partial charge on any atom is -0.327 e. The van der Waals surface area contributed by atoms with Crippen LogP contribution in [0, 0.1) is 11.6 Å². The molecule has 0 spiro atoms. The molecule has 1 aromatic carbocycles. The molecule has 0 aliphatic carbocycles. The van der Waals surface area contributed by atoms with Gasteiger partial charge in [-0.25, -0.2) is 8.78 Å². The van der Waals surface area contributed by atoms with Gasteiger partial charge in [-0.15, -0.1) is 0 Å². The molecule has 1 heterocycles. The highest BCUT2D eigenvalue weighted by Crippen LogP contribution is 2.13. The zero-order valence-corrected chi connectivity index (χ0v) is 11.7. The molecule has 0 fully saturated rings. The fraction of sp³-hybridized carbons (Fsp3) is 0.400. The van der Waals surface area contributed by atoms with Crippen molar-refractivity contribution in [2.45, 2.75) is 38.8 Å². The highest BCUT2D eigenvalue weighted by Gasteiger charge is 2.12. The SMILES string of the molecule is CC(C)n1ccc(CC(N)Cc2ccc(F)cc2F)n1. The van der Waals surface area contributed by atoms with Crippen molar-refractivity contribution in [3.05, 3.63) is 53.4 Å². The lowest BCUT2D eigenvalue weighted by atomic mass is 10.0. The number of halogens is 2. The van der Waals surface area contributed by atoms with Gasteiger partial charge >= 0.3 is 0 Å². The summed E-state index contributed by atoms with van der Waals surface area (Å²) in [6.45, 7) is 4.09. The van der Waals surface area contributed by atoms with E-state index in [1.807, 2.05) is 30.8 Å². The predicted octanol–water partition coefficient (Wildman–Crippen LogP) is 2.85. The topological polar surface area (TPSA) is 43.8 Å². The van der Waals surface area contributed by atoms with Gasteiger partial charge < -0.3 is 5.73 Å². The van der Waals surface area contributed by atoms with E-state index in [9.17, 15) is 8.78 Å². The van der Waals surface area contributed by atoms with Crippen LogP contribution < -0.4 is 5.73 Å². The normalized spacial score (nSPS) is 12.9. The lowest BCUT2D eigenvalue weighted by Gasteiger charge is -2.11. The van der Waals surface area contributed by atoms with E-state index in [4.69, 9.17) is 5.73 Å². The fourth-order valence-corrected chi connectivity index (χ4v) is 2.08. The van der Waals surface area contributed by atoms with Crippen LogP contribution in [0.5, 0.6) is 0 Å². The second-order valence-electron chi connectivity index (χ2n) is 5.28. The average Bonchev–Trinajstić information content (AvgIpc) is 2.81. The van der Waals surface area contributed by atoms with E-state index in [1.54, 1.807) is 0 Å². The molecule has 0 aliphatic heterocycles. The third-order valence-corrected chi connectivity index (χ3v) is 3.16. The standard InChI is InChI=1S/C15H19F2N3/c1-10(2)20-6-5-14(19-20)9-13(18)7-11-3-4-12(16)8-15(11)17/h3-6,8,10,13H,7,9,18H2,1-2H3. The van der Waals surface area contributed by atoms with Crippen LogP contribution >= 0.6 is 0 Å². The maximum absolute atomic E-state index is 13.5. The highest BCUT2D eigenvalue weighted by molar-refractivity contribution is 5.20. The van der Waals surface area contributed by atoms with Crippen LogP contribution in [-0.4, -0.2) is 15.8 Å². The van der Waals surface area contributed by atoms with Gasteiger partial charge in [0.2, 0.25) is 0 Å². The lowest BCUT2D eigenvalue weighted by molar-refractivity contribution is 0.519. The molecule has 0 saturated heterocycles. The zero-order valence-electron chi connectivity index (χ0n) is 11.7. The summed E-state index contributed by atoms with van der Waals surface area (Å²) in [5, 5.41) is 4.41. The Morgan fingerprint density at radius 3 is 2.55 bits per heavy atom. The first-order valence-electron chi connectivity index (χ1n) is 6.69. The first kappa shape index (κ1) is 14.7. The summed E-state index contributed by atoms with van der Waals surface area (Å²) < 4.78 is 28.2. The van der Waals surface area contributed by atoms with E-state index >= 15 is 0 Å². The van der Waals surface area contributed by atoms with Crippen molar-refractivity contribution in [3.63, 3.8) is 0 Å². The summed E-state index contributed by atoms with van der Waals surface area (Å²) in [7, 11) is 0. The Morgan fingerprint density at radius 1 is 1.20 bits per heavy atom. The third-order valence-electron chi connectivity index (χ3n) is 3.16. The number of nitrogens with zero attached hydrogens (tertiary/aromatic N) is 2. The van der Waals surface area contributed by atoms with Crippen molar-refractivity contribution in [3.8, 4) is 0 Å². The lowest BCUT2D eigenvalue weighted by Crippen LogP contribution is -2.26. The van der Waals surface area contributed by atoms with Crippen molar-refractivity contribution >= 4 is 0 Å². The van der Waals surface area contributed by atoms with Gasteiger partial charge in [0.25, 0.3) is 0 Å². The smallest absolute Gasteiger partial charge is 0.129 e. The molecule has 2 rings (SSSR count). The highest BCUT2D eigenvalue weighted by atomic mass is 19.1. The minimum atomic E-state index is -0.574. The largest absolute Gasteiger partial charge is 0.327 e. The molecular weight excluding hydrogens is 260 g/mol. The first-order chi connectivity index (χ1) is 9.45. The van der Waals surface area contributed by atoms with Gasteiger partial charge in [-0.2, -0.15) is 5.10 Å². The fourth-order valence-electron chi connectivity index (χ4n) is 2.08. The van der Waals surface area contributed by atoms with Crippen LogP contribution in [0.1, 0.15) is 31.1 Å². The summed E-state index contributed by atoms with van der Waals surface area (Å²) in [6.07, 6.45) is 2.84. The van der Waals surface area contributed by atoms with Gasteiger partial charge in [0.05, 0.1) is 5.69 Å². The van der Waals surface area contributed by atoms with E-state index in [0.717, 1.165) is 11.8 Å². The Morgan fingerprint density at radius 2 is 1.95 bits per heavy atom. The summed E-state index contributed by atoms with van der Waals surface area (Å²) in [6, 6.07) is 5.55. The Balaban J connectivity index is 1.99. The molecule has 0 amide bonds. The van der Waals surface area contributed by atoms with E-state index in [2.05, 4.69) is 5.10 Å². The van der Waals surface area contributed by atoms with Gasteiger partial charge in [-0.05, 0) is 38.0 Å². The van der Waals surface area contributed by atoms with E-state index in [1.165, 1.54) is 12.1 Å². The molecule has 0 aliphatic rings. The Bertz CT molecular complexity index is 578. The monoisotopic (exact) mass is 279 g/mol. The Hall–Kier alpha value is -1.75. The quantitative estimate of drug-likeness (QED) is 0.914. The number of aromatic nitrogens is 2. The first-order valence-corrected chi connectivity index (χ1v) is 6.69. The van der Waals surface area contributed by atoms with Crippen molar-refractivity contribution in [2.75, 3.05) is 0 Å². The summed E-state index contributed by atoms with van der Waals surface area (Å²) in [5.41, 5.74) is 7.34. The van der Waals surface area contributed by atoms with Gasteiger partial charge in [0.15, 0.2) is 0 Å². The Kier molecular flexibility index (Phi) is 4.49.